The molecule has 1 atom stereocenters. The molecule has 0 aromatic heterocycles. The van der Waals surface area contributed by atoms with Crippen LogP contribution in [0.3, 0.4) is 0 Å². The van der Waals surface area contributed by atoms with Gasteiger partial charge in [-0.2, -0.15) is 0 Å². The molecule has 0 radical (unpaired) electrons. The third-order valence-electron chi connectivity index (χ3n) is 4.62. The molecule has 1 N–H and O–H groups in total. The van der Waals surface area contributed by atoms with Gasteiger partial charge in [-0.15, -0.1) is 0 Å². The fraction of sp³-hybridized carbons (Fsp3) is 0.478. The van der Waals surface area contributed by atoms with Crippen LogP contribution in [0.1, 0.15) is 48.9 Å². The third kappa shape index (κ3) is 6.40. The topological polar surface area (TPSA) is 21.3 Å². The molecule has 1 unspecified atom stereocenters. The highest BCUT2D eigenvalue weighted by molar-refractivity contribution is 5.37. The number of aryl methyl sites for hydroxylation is 2. The molecule has 27 heavy (non-hydrogen) atoms. The molecular weight excluding hydrogens is 344 g/mol. The SMILES string of the molecule is Cc1cccc(C)c1C(CNCC(C)(C)C)COCc1c(F)cccc1F. The lowest BCUT2D eigenvalue weighted by Crippen LogP contribution is -2.32. The molecule has 0 fully saturated rings. The van der Waals surface area contributed by atoms with Crippen LogP contribution >= 0.6 is 0 Å². The van der Waals surface area contributed by atoms with Gasteiger partial charge in [0.15, 0.2) is 0 Å². The van der Waals surface area contributed by atoms with E-state index in [1.165, 1.54) is 34.9 Å². The van der Waals surface area contributed by atoms with E-state index >= 15 is 0 Å². The van der Waals surface area contributed by atoms with Gasteiger partial charge in [-0.05, 0) is 48.1 Å². The van der Waals surface area contributed by atoms with E-state index in [0.29, 0.717) is 6.61 Å². The molecule has 0 bridgehead atoms. The molecular formula is C23H31F2NO. The highest BCUT2D eigenvalue weighted by atomic mass is 19.1. The zero-order valence-corrected chi connectivity index (χ0v) is 17.0. The first-order valence-corrected chi connectivity index (χ1v) is 9.46. The Labute approximate surface area is 161 Å². The summed E-state index contributed by atoms with van der Waals surface area (Å²) in [6, 6.07) is 10.1. The van der Waals surface area contributed by atoms with Crippen LogP contribution in [-0.2, 0) is 11.3 Å². The second kappa shape index (κ2) is 9.43. The van der Waals surface area contributed by atoms with Gasteiger partial charge in [0.05, 0.1) is 13.2 Å². The molecule has 4 heteroatoms. The van der Waals surface area contributed by atoms with E-state index in [4.69, 9.17) is 4.74 Å². The van der Waals surface area contributed by atoms with Crippen LogP contribution in [0.15, 0.2) is 36.4 Å². The number of ether oxygens (including phenoxy) is 1. The Morgan fingerprint density at radius 1 is 0.963 bits per heavy atom. The van der Waals surface area contributed by atoms with E-state index in [2.05, 4.69) is 52.1 Å². The van der Waals surface area contributed by atoms with Crippen molar-refractivity contribution in [3.05, 3.63) is 70.3 Å². The van der Waals surface area contributed by atoms with Crippen molar-refractivity contribution in [1.82, 2.24) is 5.32 Å². The second-order valence-electron chi connectivity index (χ2n) is 8.41. The van der Waals surface area contributed by atoms with Crippen molar-refractivity contribution in [2.45, 2.75) is 47.1 Å². The van der Waals surface area contributed by atoms with Crippen LogP contribution < -0.4 is 5.32 Å². The Balaban J connectivity index is 2.10. The van der Waals surface area contributed by atoms with E-state index in [9.17, 15) is 8.78 Å². The maximum atomic E-state index is 13.8. The van der Waals surface area contributed by atoms with Gasteiger partial charge in [-0.25, -0.2) is 8.78 Å². The Morgan fingerprint density at radius 3 is 2.07 bits per heavy atom. The van der Waals surface area contributed by atoms with Gasteiger partial charge in [0, 0.05) is 24.6 Å². The number of rotatable bonds is 8. The molecule has 2 rings (SSSR count). The molecule has 2 nitrogen and oxygen atoms in total. The summed E-state index contributed by atoms with van der Waals surface area (Å²) in [4.78, 5) is 0. The number of hydrogen-bond acceptors (Lipinski definition) is 2. The minimum absolute atomic E-state index is 0.0135. The van der Waals surface area contributed by atoms with Crippen LogP contribution in [0.4, 0.5) is 8.78 Å². The standard InChI is InChI=1S/C23H31F2NO/c1-16-8-6-9-17(2)22(16)18(12-26-15-23(3,4)5)13-27-14-19-20(24)10-7-11-21(19)25/h6-11,18,26H,12-15H2,1-5H3. The summed E-state index contributed by atoms with van der Waals surface area (Å²) < 4.78 is 33.4. The maximum Gasteiger partial charge on any atom is 0.131 e. The number of halogens is 2. The average molecular weight is 376 g/mol. The van der Waals surface area contributed by atoms with E-state index in [-0.39, 0.29) is 23.5 Å². The number of nitrogens with one attached hydrogen (secondary N) is 1. The first-order chi connectivity index (χ1) is 12.7. The molecule has 148 valence electrons. The monoisotopic (exact) mass is 375 g/mol. The lowest BCUT2D eigenvalue weighted by atomic mass is 9.90. The number of benzene rings is 2. The smallest absolute Gasteiger partial charge is 0.131 e. The molecule has 0 amide bonds. The summed E-state index contributed by atoms with van der Waals surface area (Å²) in [7, 11) is 0. The zero-order chi connectivity index (χ0) is 20.0. The molecule has 0 saturated carbocycles. The fourth-order valence-corrected chi connectivity index (χ4v) is 3.31. The van der Waals surface area contributed by atoms with Crippen LogP contribution in [0.2, 0.25) is 0 Å². The van der Waals surface area contributed by atoms with Gasteiger partial charge < -0.3 is 10.1 Å². The predicted octanol–water partition coefficient (Wildman–Crippen LogP) is 5.52. The summed E-state index contributed by atoms with van der Waals surface area (Å²) >= 11 is 0. The fourth-order valence-electron chi connectivity index (χ4n) is 3.31. The highest BCUT2D eigenvalue weighted by Crippen LogP contribution is 2.25. The summed E-state index contributed by atoms with van der Waals surface area (Å²) in [5.74, 6) is -1.02. The second-order valence-corrected chi connectivity index (χ2v) is 8.41. The van der Waals surface area contributed by atoms with Crippen molar-refractivity contribution >= 4 is 0 Å². The summed E-state index contributed by atoms with van der Waals surface area (Å²) in [6.45, 7) is 12.7. The Bertz CT molecular complexity index is 712. The number of hydrogen-bond donors (Lipinski definition) is 1. The minimum atomic E-state index is -0.565. The third-order valence-corrected chi connectivity index (χ3v) is 4.62. The van der Waals surface area contributed by atoms with Gasteiger partial charge in [0.1, 0.15) is 11.6 Å². The summed E-state index contributed by atoms with van der Waals surface area (Å²) in [5.41, 5.74) is 3.83. The molecule has 0 saturated heterocycles. The lowest BCUT2D eigenvalue weighted by molar-refractivity contribution is 0.101. The normalized spacial score (nSPS) is 13.0. The van der Waals surface area contributed by atoms with Crippen LogP contribution in [0.25, 0.3) is 0 Å². The molecule has 2 aromatic carbocycles. The van der Waals surface area contributed by atoms with Crippen molar-refractivity contribution in [2.24, 2.45) is 5.41 Å². The average Bonchev–Trinajstić information content (AvgIpc) is 2.55. The van der Waals surface area contributed by atoms with Gasteiger partial charge in [0.2, 0.25) is 0 Å². The van der Waals surface area contributed by atoms with Gasteiger partial charge in [-0.3, -0.25) is 0 Å². The van der Waals surface area contributed by atoms with E-state index in [0.717, 1.165) is 13.1 Å². The predicted molar refractivity (Wildman–Crippen MR) is 107 cm³/mol. The van der Waals surface area contributed by atoms with Crippen LogP contribution in [-0.4, -0.2) is 19.7 Å². The van der Waals surface area contributed by atoms with Crippen LogP contribution in [0, 0.1) is 30.9 Å². The molecule has 0 aliphatic rings. The van der Waals surface area contributed by atoms with Crippen molar-refractivity contribution in [3.63, 3.8) is 0 Å². The first kappa shape index (κ1) is 21.5. The van der Waals surface area contributed by atoms with Crippen molar-refractivity contribution < 1.29 is 13.5 Å². The minimum Gasteiger partial charge on any atom is -0.376 e. The lowest BCUT2D eigenvalue weighted by Gasteiger charge is -2.25. The molecule has 0 aliphatic heterocycles. The molecule has 0 heterocycles. The quantitative estimate of drug-likeness (QED) is 0.656. The van der Waals surface area contributed by atoms with E-state index in [1.807, 2.05) is 6.07 Å². The summed E-state index contributed by atoms with van der Waals surface area (Å²) in [6.07, 6.45) is 0. The van der Waals surface area contributed by atoms with Gasteiger partial charge >= 0.3 is 0 Å². The van der Waals surface area contributed by atoms with Crippen molar-refractivity contribution in [2.75, 3.05) is 19.7 Å². The molecule has 2 aromatic rings. The van der Waals surface area contributed by atoms with Gasteiger partial charge in [-0.1, -0.05) is 45.0 Å². The Kier molecular flexibility index (Phi) is 7.51. The van der Waals surface area contributed by atoms with Gasteiger partial charge in [0.25, 0.3) is 0 Å². The largest absolute Gasteiger partial charge is 0.376 e. The maximum absolute atomic E-state index is 13.8. The van der Waals surface area contributed by atoms with Crippen LogP contribution in [0.5, 0.6) is 0 Å². The van der Waals surface area contributed by atoms with E-state index < -0.39 is 11.6 Å². The Hall–Kier alpha value is -1.78. The highest BCUT2D eigenvalue weighted by Gasteiger charge is 2.19. The van der Waals surface area contributed by atoms with E-state index in [1.54, 1.807) is 0 Å². The van der Waals surface area contributed by atoms with Crippen molar-refractivity contribution in [3.8, 4) is 0 Å². The molecule has 0 aliphatic carbocycles. The zero-order valence-electron chi connectivity index (χ0n) is 17.0. The summed E-state index contributed by atoms with van der Waals surface area (Å²) in [5, 5.41) is 3.52. The first-order valence-electron chi connectivity index (χ1n) is 9.46. The molecule has 0 spiro atoms. The van der Waals surface area contributed by atoms with Crippen molar-refractivity contribution in [1.29, 1.82) is 0 Å². The Morgan fingerprint density at radius 2 is 1.52 bits per heavy atom.